The second-order valence-electron chi connectivity index (χ2n) is 6.22. The summed E-state index contributed by atoms with van der Waals surface area (Å²) in [5.74, 6) is 0.229. The molecule has 1 aromatic carbocycles. The van der Waals surface area contributed by atoms with Crippen LogP contribution in [0.25, 0.3) is 22.6 Å². The number of aromatic nitrogens is 4. The first-order valence-corrected chi connectivity index (χ1v) is 8.21. The third-order valence-electron chi connectivity index (χ3n) is 3.93. The van der Waals surface area contributed by atoms with Crippen LogP contribution in [-0.2, 0) is 0 Å². The molecule has 1 amide bonds. The van der Waals surface area contributed by atoms with Crippen LogP contribution in [0.4, 0.5) is 6.01 Å². The molecule has 3 aromatic heterocycles. The summed E-state index contributed by atoms with van der Waals surface area (Å²) in [6, 6.07) is 11.3. The second kappa shape index (κ2) is 6.14. The molecule has 0 unspecified atom stereocenters. The van der Waals surface area contributed by atoms with Crippen molar-refractivity contribution in [3.63, 3.8) is 0 Å². The van der Waals surface area contributed by atoms with Gasteiger partial charge in [-0.25, -0.2) is 0 Å². The molecule has 0 radical (unpaired) electrons. The van der Waals surface area contributed by atoms with Crippen molar-refractivity contribution in [2.45, 2.75) is 26.8 Å². The zero-order valence-corrected chi connectivity index (χ0v) is 14.6. The molecule has 4 aromatic rings. The normalized spacial score (nSPS) is 11.4. The van der Waals surface area contributed by atoms with E-state index in [1.165, 1.54) is 0 Å². The summed E-state index contributed by atoms with van der Waals surface area (Å²) in [5, 5.41) is 15.6. The highest BCUT2D eigenvalue weighted by Crippen LogP contribution is 2.27. The van der Waals surface area contributed by atoms with Crippen LogP contribution in [0.1, 0.15) is 36.1 Å². The Balaban J connectivity index is 1.54. The van der Waals surface area contributed by atoms with Crippen LogP contribution < -0.4 is 5.32 Å². The van der Waals surface area contributed by atoms with E-state index in [9.17, 15) is 4.79 Å². The summed E-state index contributed by atoms with van der Waals surface area (Å²) in [6.07, 6.45) is 0. The first-order chi connectivity index (χ1) is 12.5. The van der Waals surface area contributed by atoms with Crippen LogP contribution >= 0.6 is 0 Å². The lowest BCUT2D eigenvalue weighted by Crippen LogP contribution is -2.14. The molecular weight excluding hydrogens is 334 g/mol. The van der Waals surface area contributed by atoms with Gasteiger partial charge in [0.2, 0.25) is 0 Å². The highest BCUT2D eigenvalue weighted by atomic mass is 16.4. The number of carbonyl (C=O) groups excluding carboxylic acids is 1. The predicted molar refractivity (Wildman–Crippen MR) is 94.8 cm³/mol. The molecule has 132 valence electrons. The number of nitrogens with zero attached hydrogens (tertiary/aromatic N) is 4. The molecule has 0 aliphatic carbocycles. The van der Waals surface area contributed by atoms with Crippen molar-refractivity contribution >= 4 is 22.9 Å². The van der Waals surface area contributed by atoms with E-state index in [1.54, 1.807) is 10.7 Å². The highest BCUT2D eigenvalue weighted by molar-refractivity contribution is 6.01. The summed E-state index contributed by atoms with van der Waals surface area (Å²) in [6.45, 7) is 5.90. The standard InChI is InChI=1S/C18H17N5O3/c1-10(2)23-11(3)8-13(22-23)16(24)19-18-21-20-17(26-18)15-9-12-6-4-5-7-14(12)25-15/h4-10H,1-3H3,(H,19,21,24). The lowest BCUT2D eigenvalue weighted by Gasteiger charge is -2.06. The monoisotopic (exact) mass is 351 g/mol. The Morgan fingerprint density at radius 2 is 1.96 bits per heavy atom. The third-order valence-corrected chi connectivity index (χ3v) is 3.93. The minimum Gasteiger partial charge on any atom is -0.451 e. The van der Waals surface area contributed by atoms with Gasteiger partial charge in [-0.1, -0.05) is 23.3 Å². The number of anilines is 1. The highest BCUT2D eigenvalue weighted by Gasteiger charge is 2.18. The van der Waals surface area contributed by atoms with Crippen molar-refractivity contribution in [3.05, 3.63) is 47.8 Å². The quantitative estimate of drug-likeness (QED) is 0.600. The number of nitrogens with one attached hydrogen (secondary N) is 1. The first-order valence-electron chi connectivity index (χ1n) is 8.21. The van der Waals surface area contributed by atoms with Crippen molar-refractivity contribution in [2.24, 2.45) is 0 Å². The number of rotatable bonds is 4. The molecule has 1 N–H and O–H groups in total. The van der Waals surface area contributed by atoms with E-state index in [4.69, 9.17) is 8.83 Å². The van der Waals surface area contributed by atoms with Crippen molar-refractivity contribution in [1.29, 1.82) is 0 Å². The summed E-state index contributed by atoms with van der Waals surface area (Å²) in [7, 11) is 0. The Morgan fingerprint density at radius 3 is 2.69 bits per heavy atom. The molecule has 0 saturated heterocycles. The molecule has 0 fully saturated rings. The van der Waals surface area contributed by atoms with Gasteiger partial charge in [0.05, 0.1) is 0 Å². The van der Waals surface area contributed by atoms with Crippen LogP contribution in [-0.4, -0.2) is 25.9 Å². The van der Waals surface area contributed by atoms with Crippen molar-refractivity contribution in [2.75, 3.05) is 5.32 Å². The van der Waals surface area contributed by atoms with Crippen molar-refractivity contribution < 1.29 is 13.6 Å². The Hall–Kier alpha value is -3.42. The number of carbonyl (C=O) groups is 1. The van der Waals surface area contributed by atoms with Crippen LogP contribution in [0, 0.1) is 6.92 Å². The SMILES string of the molecule is Cc1cc(C(=O)Nc2nnc(-c3cc4ccccc4o3)o2)nn1C(C)C. The van der Waals surface area contributed by atoms with E-state index in [0.717, 1.165) is 16.7 Å². The van der Waals surface area contributed by atoms with Crippen LogP contribution in [0.3, 0.4) is 0 Å². The number of furan rings is 1. The molecule has 0 bridgehead atoms. The summed E-state index contributed by atoms with van der Waals surface area (Å²) in [4.78, 5) is 12.4. The van der Waals surface area contributed by atoms with E-state index in [1.807, 2.05) is 51.1 Å². The molecule has 0 saturated carbocycles. The van der Waals surface area contributed by atoms with Gasteiger partial charge in [0.25, 0.3) is 11.8 Å². The number of para-hydroxylation sites is 1. The molecule has 0 aliphatic heterocycles. The van der Waals surface area contributed by atoms with Gasteiger partial charge in [-0.15, -0.1) is 5.10 Å². The van der Waals surface area contributed by atoms with Gasteiger partial charge in [-0.2, -0.15) is 5.10 Å². The molecule has 26 heavy (non-hydrogen) atoms. The lowest BCUT2D eigenvalue weighted by atomic mass is 10.2. The van der Waals surface area contributed by atoms with Crippen LogP contribution in [0.2, 0.25) is 0 Å². The first kappa shape index (κ1) is 16.1. The fourth-order valence-corrected chi connectivity index (χ4v) is 2.74. The van der Waals surface area contributed by atoms with Crippen molar-refractivity contribution in [3.8, 4) is 11.7 Å². The summed E-state index contributed by atoms with van der Waals surface area (Å²) >= 11 is 0. The number of hydrogen-bond donors (Lipinski definition) is 1. The molecule has 4 rings (SSSR count). The second-order valence-corrected chi connectivity index (χ2v) is 6.22. The minimum atomic E-state index is -0.410. The molecule has 8 heteroatoms. The van der Waals surface area contributed by atoms with Gasteiger partial charge in [0.1, 0.15) is 5.58 Å². The average molecular weight is 351 g/mol. The Morgan fingerprint density at radius 1 is 1.15 bits per heavy atom. The van der Waals surface area contributed by atoms with Gasteiger partial charge >= 0.3 is 6.01 Å². The fourth-order valence-electron chi connectivity index (χ4n) is 2.74. The third kappa shape index (κ3) is 2.85. The number of aryl methyl sites for hydroxylation is 1. The van der Waals surface area contributed by atoms with Gasteiger partial charge in [-0.05, 0) is 39.0 Å². The number of amides is 1. The lowest BCUT2D eigenvalue weighted by molar-refractivity contribution is 0.101. The number of hydrogen-bond acceptors (Lipinski definition) is 6. The molecule has 0 atom stereocenters. The van der Waals surface area contributed by atoms with Gasteiger partial charge in [0.15, 0.2) is 11.5 Å². The van der Waals surface area contributed by atoms with E-state index >= 15 is 0 Å². The molecule has 0 aliphatic rings. The minimum absolute atomic E-state index is 0.0118. The van der Waals surface area contributed by atoms with Gasteiger partial charge < -0.3 is 8.83 Å². The number of fused-ring (bicyclic) bond motifs is 1. The number of benzene rings is 1. The Labute approximate surface area is 148 Å². The van der Waals surface area contributed by atoms with E-state index in [0.29, 0.717) is 11.5 Å². The fraction of sp³-hybridized carbons (Fsp3) is 0.222. The average Bonchev–Trinajstić information content (AvgIpc) is 3.31. The zero-order valence-electron chi connectivity index (χ0n) is 14.6. The van der Waals surface area contributed by atoms with Gasteiger partial charge in [0, 0.05) is 17.1 Å². The molecule has 0 spiro atoms. The van der Waals surface area contributed by atoms with Crippen molar-refractivity contribution in [1.82, 2.24) is 20.0 Å². The maximum absolute atomic E-state index is 12.4. The maximum Gasteiger partial charge on any atom is 0.322 e. The molecular formula is C18H17N5O3. The van der Waals surface area contributed by atoms with Gasteiger partial charge in [-0.3, -0.25) is 14.8 Å². The van der Waals surface area contributed by atoms with E-state index in [2.05, 4.69) is 20.6 Å². The summed E-state index contributed by atoms with van der Waals surface area (Å²) in [5.41, 5.74) is 1.92. The summed E-state index contributed by atoms with van der Waals surface area (Å²) < 4.78 is 13.0. The Kier molecular flexibility index (Phi) is 3.80. The molecule has 3 heterocycles. The smallest absolute Gasteiger partial charge is 0.322 e. The Bertz CT molecular complexity index is 1060. The molecule has 8 nitrogen and oxygen atoms in total. The van der Waals surface area contributed by atoms with Crippen LogP contribution in [0.15, 0.2) is 45.2 Å². The maximum atomic E-state index is 12.4. The topological polar surface area (TPSA) is 99.0 Å². The zero-order chi connectivity index (χ0) is 18.3. The van der Waals surface area contributed by atoms with E-state index < -0.39 is 5.91 Å². The van der Waals surface area contributed by atoms with Crippen LogP contribution in [0.5, 0.6) is 0 Å². The predicted octanol–water partition coefficient (Wildman–Crippen LogP) is 3.82. The largest absolute Gasteiger partial charge is 0.451 e. The van der Waals surface area contributed by atoms with E-state index in [-0.39, 0.29) is 17.9 Å².